The highest BCUT2D eigenvalue weighted by Crippen LogP contribution is 2.28. The minimum absolute atomic E-state index is 0.323. The molecule has 0 amide bonds. The Morgan fingerprint density at radius 2 is 1.89 bits per heavy atom. The zero-order valence-corrected chi connectivity index (χ0v) is 12.0. The van der Waals surface area contributed by atoms with Gasteiger partial charge in [-0.05, 0) is 36.7 Å². The largest absolute Gasteiger partial charge is 0.339 e. The molecule has 0 aromatic carbocycles. The first-order valence-electron chi connectivity index (χ1n) is 5.24. The number of H-pyrrole nitrogens is 1. The number of nitrogens with one attached hydrogen (secondary N) is 1. The molecule has 0 aliphatic rings. The zero-order chi connectivity index (χ0) is 14.2. The molecule has 0 atom stereocenters. The minimum atomic E-state index is -0.836. The van der Waals surface area contributed by atoms with E-state index in [-0.39, 0.29) is 0 Å². The Bertz CT molecular complexity index is 755. The van der Waals surface area contributed by atoms with Crippen LogP contribution in [-0.2, 0) is 7.05 Å². The third-order valence-corrected chi connectivity index (χ3v) is 4.04. The first kappa shape index (κ1) is 13.8. The Balaban J connectivity index is 2.48. The number of hydrogen-bond donors (Lipinski definition) is 1. The highest BCUT2D eigenvalue weighted by atomic mass is 35.5. The van der Waals surface area contributed by atoms with E-state index in [0.29, 0.717) is 15.3 Å². The van der Waals surface area contributed by atoms with Gasteiger partial charge < -0.3 is 0 Å². The van der Waals surface area contributed by atoms with Crippen molar-refractivity contribution >= 4 is 23.4 Å². The summed E-state index contributed by atoms with van der Waals surface area (Å²) >= 11 is 7.00. The molecule has 0 radical (unpaired) electrons. The molecule has 0 fully saturated rings. The first-order chi connectivity index (χ1) is 8.90. The van der Waals surface area contributed by atoms with E-state index in [9.17, 15) is 9.59 Å². The monoisotopic (exact) mass is 299 g/mol. The van der Waals surface area contributed by atoms with Gasteiger partial charge in [-0.25, -0.2) is 0 Å². The SMILES string of the molecule is Cc1c(Cl)nnc(Sc2nc(=O)c(=O)[nH]n2C)c1C. The summed E-state index contributed by atoms with van der Waals surface area (Å²) in [7, 11) is 1.59. The van der Waals surface area contributed by atoms with E-state index in [1.807, 2.05) is 13.8 Å². The highest BCUT2D eigenvalue weighted by molar-refractivity contribution is 7.99. The standard InChI is InChI=1S/C10H10ClN5O2S/c1-4-5(2)9(14-13-6(4)11)19-10-12-7(17)8(18)15-16(10)3/h1-3H3,(H,15,18). The van der Waals surface area contributed by atoms with Crippen LogP contribution in [0, 0.1) is 13.8 Å². The number of hydrogen-bond acceptors (Lipinski definition) is 6. The van der Waals surface area contributed by atoms with Gasteiger partial charge in [0.2, 0.25) is 0 Å². The molecule has 2 heterocycles. The summed E-state index contributed by atoms with van der Waals surface area (Å²) in [5, 5.41) is 11.4. The van der Waals surface area contributed by atoms with Crippen molar-refractivity contribution < 1.29 is 0 Å². The fraction of sp³-hybridized carbons (Fsp3) is 0.300. The fourth-order valence-electron chi connectivity index (χ4n) is 1.29. The van der Waals surface area contributed by atoms with Gasteiger partial charge in [0.05, 0.1) is 0 Å². The molecular formula is C10H10ClN5O2S. The van der Waals surface area contributed by atoms with Crippen molar-refractivity contribution in [2.24, 2.45) is 7.05 Å². The van der Waals surface area contributed by atoms with Crippen molar-refractivity contribution in [2.45, 2.75) is 24.0 Å². The van der Waals surface area contributed by atoms with Crippen molar-refractivity contribution in [1.82, 2.24) is 25.0 Å². The van der Waals surface area contributed by atoms with E-state index in [1.54, 1.807) is 7.05 Å². The Labute approximate surface area is 117 Å². The van der Waals surface area contributed by atoms with Crippen LogP contribution in [0.25, 0.3) is 0 Å². The second-order valence-corrected chi connectivity index (χ2v) is 5.16. The summed E-state index contributed by atoms with van der Waals surface area (Å²) in [6.07, 6.45) is 0. The Morgan fingerprint density at radius 3 is 2.58 bits per heavy atom. The molecule has 0 saturated carbocycles. The quantitative estimate of drug-likeness (QED) is 0.820. The van der Waals surface area contributed by atoms with Gasteiger partial charge in [0, 0.05) is 7.05 Å². The number of nitrogens with zero attached hydrogens (tertiary/aromatic N) is 4. The maximum Gasteiger partial charge on any atom is 0.339 e. The van der Waals surface area contributed by atoms with Crippen LogP contribution in [-0.4, -0.2) is 25.0 Å². The lowest BCUT2D eigenvalue weighted by Gasteiger charge is -2.08. The zero-order valence-electron chi connectivity index (χ0n) is 10.4. The average molecular weight is 300 g/mol. The lowest BCUT2D eigenvalue weighted by atomic mass is 10.2. The van der Waals surface area contributed by atoms with Crippen LogP contribution < -0.4 is 11.1 Å². The number of rotatable bonds is 2. The second-order valence-electron chi connectivity index (χ2n) is 3.85. The number of aromatic nitrogens is 5. The molecule has 0 saturated heterocycles. The van der Waals surface area contributed by atoms with Gasteiger partial charge in [0.1, 0.15) is 5.03 Å². The second kappa shape index (κ2) is 5.14. The van der Waals surface area contributed by atoms with E-state index in [2.05, 4.69) is 20.3 Å². The molecule has 100 valence electrons. The van der Waals surface area contributed by atoms with Crippen LogP contribution in [0.15, 0.2) is 19.8 Å². The Hall–Kier alpha value is -1.67. The molecule has 0 bridgehead atoms. The van der Waals surface area contributed by atoms with Crippen LogP contribution in [0.1, 0.15) is 11.1 Å². The Morgan fingerprint density at radius 1 is 1.21 bits per heavy atom. The topological polar surface area (TPSA) is 93.5 Å². The normalized spacial score (nSPS) is 10.7. The van der Waals surface area contributed by atoms with Gasteiger partial charge in [-0.15, -0.1) is 10.2 Å². The predicted molar refractivity (Wildman–Crippen MR) is 70.7 cm³/mol. The molecule has 0 unspecified atom stereocenters. The van der Waals surface area contributed by atoms with E-state index in [0.717, 1.165) is 22.9 Å². The summed E-state index contributed by atoms with van der Waals surface area (Å²) in [5.41, 5.74) is 0.0675. The van der Waals surface area contributed by atoms with E-state index in [1.165, 1.54) is 4.68 Å². The van der Waals surface area contributed by atoms with Crippen molar-refractivity contribution in [3.63, 3.8) is 0 Å². The summed E-state index contributed by atoms with van der Waals surface area (Å²) in [6, 6.07) is 0. The highest BCUT2D eigenvalue weighted by Gasteiger charge is 2.13. The van der Waals surface area contributed by atoms with E-state index >= 15 is 0 Å². The maximum atomic E-state index is 11.2. The first-order valence-corrected chi connectivity index (χ1v) is 6.44. The maximum absolute atomic E-state index is 11.2. The molecule has 2 rings (SSSR count). The van der Waals surface area contributed by atoms with Crippen molar-refractivity contribution in [3.8, 4) is 0 Å². The number of aryl methyl sites for hydroxylation is 1. The summed E-state index contributed by atoms with van der Waals surface area (Å²) in [6.45, 7) is 3.68. The molecule has 0 spiro atoms. The molecule has 0 aliphatic heterocycles. The third-order valence-electron chi connectivity index (χ3n) is 2.56. The summed E-state index contributed by atoms with van der Waals surface area (Å²) in [4.78, 5) is 26.0. The van der Waals surface area contributed by atoms with Crippen LogP contribution in [0.5, 0.6) is 0 Å². The minimum Gasteiger partial charge on any atom is -0.265 e. The fourth-order valence-corrected chi connectivity index (χ4v) is 2.34. The third kappa shape index (κ3) is 2.69. The van der Waals surface area contributed by atoms with Crippen LogP contribution >= 0.6 is 23.4 Å². The van der Waals surface area contributed by atoms with Crippen LogP contribution in [0.4, 0.5) is 0 Å². The van der Waals surface area contributed by atoms with E-state index < -0.39 is 11.1 Å². The van der Waals surface area contributed by atoms with Gasteiger partial charge in [-0.3, -0.25) is 19.4 Å². The lowest BCUT2D eigenvalue weighted by Crippen LogP contribution is -2.33. The van der Waals surface area contributed by atoms with Crippen molar-refractivity contribution in [1.29, 1.82) is 0 Å². The molecular weight excluding hydrogens is 290 g/mol. The van der Waals surface area contributed by atoms with Gasteiger partial charge in [-0.2, -0.15) is 4.98 Å². The average Bonchev–Trinajstić information content (AvgIpc) is 2.36. The molecule has 9 heteroatoms. The number of aromatic amines is 1. The predicted octanol–water partition coefficient (Wildman–Crippen LogP) is 0.680. The van der Waals surface area contributed by atoms with Crippen LogP contribution in [0.2, 0.25) is 5.15 Å². The summed E-state index contributed by atoms with van der Waals surface area (Å²) in [5.74, 6) is 0. The lowest BCUT2D eigenvalue weighted by molar-refractivity contribution is 0.595. The molecule has 19 heavy (non-hydrogen) atoms. The molecule has 2 aromatic heterocycles. The molecule has 0 aliphatic carbocycles. The van der Waals surface area contributed by atoms with Gasteiger partial charge >= 0.3 is 11.1 Å². The number of halogens is 1. The van der Waals surface area contributed by atoms with Gasteiger partial charge in [0.15, 0.2) is 10.3 Å². The van der Waals surface area contributed by atoms with Crippen molar-refractivity contribution in [3.05, 3.63) is 37.0 Å². The van der Waals surface area contributed by atoms with Gasteiger partial charge in [0.25, 0.3) is 0 Å². The molecule has 7 nitrogen and oxygen atoms in total. The molecule has 1 N–H and O–H groups in total. The van der Waals surface area contributed by atoms with Gasteiger partial charge in [-0.1, -0.05) is 11.6 Å². The Kier molecular flexibility index (Phi) is 3.72. The van der Waals surface area contributed by atoms with E-state index in [4.69, 9.17) is 11.6 Å². The smallest absolute Gasteiger partial charge is 0.265 e. The summed E-state index contributed by atoms with van der Waals surface area (Å²) < 4.78 is 1.36. The molecule has 2 aromatic rings. The van der Waals surface area contributed by atoms with Crippen LogP contribution in [0.3, 0.4) is 0 Å². The van der Waals surface area contributed by atoms with Crippen molar-refractivity contribution in [2.75, 3.05) is 0 Å².